The number of amides is 1. The van der Waals surface area contributed by atoms with Gasteiger partial charge in [-0.2, -0.15) is 0 Å². The van der Waals surface area contributed by atoms with E-state index >= 15 is 0 Å². The van der Waals surface area contributed by atoms with Gasteiger partial charge in [-0.15, -0.1) is 0 Å². The Balaban J connectivity index is 2.20. The van der Waals surface area contributed by atoms with E-state index in [-0.39, 0.29) is 5.91 Å². The maximum atomic E-state index is 12.3. The van der Waals surface area contributed by atoms with Crippen LogP contribution < -0.4 is 4.90 Å². The van der Waals surface area contributed by atoms with Crippen LogP contribution >= 0.6 is 23.2 Å². The zero-order valence-electron chi connectivity index (χ0n) is 10.3. The molecule has 3 rings (SSSR count). The second-order valence-corrected chi connectivity index (χ2v) is 5.42. The highest BCUT2D eigenvalue weighted by Gasteiger charge is 2.31. The van der Waals surface area contributed by atoms with E-state index in [9.17, 15) is 4.79 Å². The summed E-state index contributed by atoms with van der Waals surface area (Å²) < 4.78 is 0. The van der Waals surface area contributed by atoms with Crippen molar-refractivity contribution < 1.29 is 4.79 Å². The van der Waals surface area contributed by atoms with Crippen molar-refractivity contribution in [3.63, 3.8) is 0 Å². The molecule has 0 bridgehead atoms. The number of fused-ring (bicyclic) bond motifs is 1. The number of para-hydroxylation sites is 1. The fraction of sp³-hybridized carbons (Fsp3) is 0.133. The highest BCUT2D eigenvalue weighted by Crippen LogP contribution is 2.42. The first-order chi connectivity index (χ1) is 9.08. The monoisotopic (exact) mass is 291 g/mol. The Labute approximate surface area is 121 Å². The first-order valence-electron chi connectivity index (χ1n) is 5.94. The number of hydrogen-bond acceptors (Lipinski definition) is 1. The summed E-state index contributed by atoms with van der Waals surface area (Å²) in [5.74, 6) is -0.00407. The van der Waals surface area contributed by atoms with Crippen LogP contribution in [0.4, 0.5) is 11.4 Å². The maximum Gasteiger partial charge on any atom is 0.236 e. The summed E-state index contributed by atoms with van der Waals surface area (Å²) in [6, 6.07) is 11.2. The molecule has 0 fully saturated rings. The summed E-state index contributed by atoms with van der Waals surface area (Å²) in [5, 5.41) is 0.962. The molecule has 0 atom stereocenters. The van der Waals surface area contributed by atoms with Crippen molar-refractivity contribution in [3.8, 4) is 0 Å². The Morgan fingerprint density at radius 3 is 2.47 bits per heavy atom. The Hall–Kier alpha value is -1.51. The average molecular weight is 292 g/mol. The lowest BCUT2D eigenvalue weighted by atomic mass is 10.1. The summed E-state index contributed by atoms with van der Waals surface area (Å²) in [6.45, 7) is 2.01. The van der Waals surface area contributed by atoms with E-state index in [1.807, 2.05) is 25.1 Å². The van der Waals surface area contributed by atoms with Crippen molar-refractivity contribution in [2.75, 3.05) is 4.90 Å². The number of halogens is 2. The first kappa shape index (κ1) is 12.5. The molecule has 2 aromatic rings. The molecule has 0 saturated heterocycles. The molecule has 0 spiro atoms. The summed E-state index contributed by atoms with van der Waals surface area (Å²) in [5.41, 5.74) is 3.59. The SMILES string of the molecule is Cc1ccc2c(c1)CC(=O)N2c1c(Cl)cccc1Cl. The molecule has 0 N–H and O–H groups in total. The van der Waals surface area contributed by atoms with Crippen LogP contribution in [0.15, 0.2) is 36.4 Å². The quantitative estimate of drug-likeness (QED) is 0.756. The maximum absolute atomic E-state index is 12.3. The smallest absolute Gasteiger partial charge is 0.236 e. The van der Waals surface area contributed by atoms with Gasteiger partial charge in [-0.25, -0.2) is 0 Å². The molecule has 0 aliphatic carbocycles. The predicted molar refractivity (Wildman–Crippen MR) is 78.5 cm³/mol. The molecular formula is C15H11Cl2NO. The molecular weight excluding hydrogens is 281 g/mol. The van der Waals surface area contributed by atoms with Gasteiger partial charge in [-0.1, -0.05) is 47.0 Å². The van der Waals surface area contributed by atoms with Gasteiger partial charge in [0.15, 0.2) is 0 Å². The summed E-state index contributed by atoms with van der Waals surface area (Å²) in [7, 11) is 0. The first-order valence-corrected chi connectivity index (χ1v) is 6.70. The van der Waals surface area contributed by atoms with Gasteiger partial charge in [-0.3, -0.25) is 9.69 Å². The number of hydrogen-bond donors (Lipinski definition) is 0. The molecule has 96 valence electrons. The number of nitrogens with zero attached hydrogens (tertiary/aromatic N) is 1. The summed E-state index contributed by atoms with van der Waals surface area (Å²) >= 11 is 12.4. The summed E-state index contributed by atoms with van der Waals surface area (Å²) in [4.78, 5) is 13.9. The Morgan fingerprint density at radius 1 is 1.11 bits per heavy atom. The minimum Gasteiger partial charge on any atom is -0.277 e. The highest BCUT2D eigenvalue weighted by molar-refractivity contribution is 6.40. The molecule has 1 amide bonds. The topological polar surface area (TPSA) is 20.3 Å². The molecule has 0 saturated carbocycles. The number of benzene rings is 2. The molecule has 1 aliphatic rings. The van der Waals surface area contributed by atoms with Crippen molar-refractivity contribution in [3.05, 3.63) is 57.6 Å². The fourth-order valence-corrected chi connectivity index (χ4v) is 2.96. The van der Waals surface area contributed by atoms with Gasteiger partial charge in [-0.05, 0) is 30.7 Å². The number of aryl methyl sites for hydroxylation is 1. The largest absolute Gasteiger partial charge is 0.277 e. The van der Waals surface area contributed by atoms with Gasteiger partial charge in [0.05, 0.1) is 27.8 Å². The molecule has 4 heteroatoms. The van der Waals surface area contributed by atoms with Gasteiger partial charge >= 0.3 is 0 Å². The zero-order valence-corrected chi connectivity index (χ0v) is 11.8. The van der Waals surface area contributed by atoms with E-state index in [1.165, 1.54) is 0 Å². The molecule has 0 unspecified atom stereocenters. The van der Waals surface area contributed by atoms with E-state index in [1.54, 1.807) is 23.1 Å². The van der Waals surface area contributed by atoms with Crippen LogP contribution in [0.5, 0.6) is 0 Å². The normalized spacial score (nSPS) is 13.8. The molecule has 1 heterocycles. The Morgan fingerprint density at radius 2 is 1.79 bits per heavy atom. The van der Waals surface area contributed by atoms with Crippen LogP contribution in [0.3, 0.4) is 0 Å². The van der Waals surface area contributed by atoms with Gasteiger partial charge < -0.3 is 0 Å². The number of anilines is 2. The van der Waals surface area contributed by atoms with Gasteiger partial charge in [0.25, 0.3) is 0 Å². The predicted octanol–water partition coefficient (Wildman–Crippen LogP) is 4.52. The lowest BCUT2D eigenvalue weighted by Gasteiger charge is -2.20. The van der Waals surface area contributed by atoms with Gasteiger partial charge in [0.1, 0.15) is 0 Å². The molecule has 1 aliphatic heterocycles. The number of carbonyl (C=O) groups is 1. The lowest BCUT2D eigenvalue weighted by Crippen LogP contribution is -2.21. The molecule has 2 nitrogen and oxygen atoms in total. The van der Waals surface area contributed by atoms with Gasteiger partial charge in [0, 0.05) is 0 Å². The summed E-state index contributed by atoms with van der Waals surface area (Å²) in [6.07, 6.45) is 0.387. The number of carbonyl (C=O) groups excluding carboxylic acids is 1. The third kappa shape index (κ3) is 2.01. The Bertz CT molecular complexity index is 662. The van der Waals surface area contributed by atoms with Crippen LogP contribution in [-0.2, 0) is 11.2 Å². The molecule has 2 aromatic carbocycles. The second kappa shape index (κ2) is 4.55. The third-order valence-corrected chi connectivity index (χ3v) is 3.84. The van der Waals surface area contributed by atoms with E-state index in [4.69, 9.17) is 23.2 Å². The van der Waals surface area contributed by atoms with Crippen molar-refractivity contribution in [2.45, 2.75) is 13.3 Å². The highest BCUT2D eigenvalue weighted by atomic mass is 35.5. The fourth-order valence-electron chi connectivity index (χ4n) is 2.40. The van der Waals surface area contributed by atoms with E-state index in [0.717, 1.165) is 16.8 Å². The zero-order chi connectivity index (χ0) is 13.6. The standard InChI is InChI=1S/C15H11Cl2NO/c1-9-5-6-13-10(7-9)8-14(19)18(13)15-11(16)3-2-4-12(15)17/h2-7H,8H2,1H3. The van der Waals surface area contributed by atoms with Crippen molar-refractivity contribution in [1.29, 1.82) is 0 Å². The van der Waals surface area contributed by atoms with Crippen LogP contribution in [0.2, 0.25) is 10.0 Å². The molecule has 0 radical (unpaired) electrons. The van der Waals surface area contributed by atoms with Crippen LogP contribution in [0, 0.1) is 6.92 Å². The van der Waals surface area contributed by atoms with E-state index in [2.05, 4.69) is 0 Å². The third-order valence-electron chi connectivity index (χ3n) is 3.23. The second-order valence-electron chi connectivity index (χ2n) is 4.61. The van der Waals surface area contributed by atoms with Crippen LogP contribution in [-0.4, -0.2) is 5.91 Å². The van der Waals surface area contributed by atoms with Crippen LogP contribution in [0.1, 0.15) is 11.1 Å². The lowest BCUT2D eigenvalue weighted by molar-refractivity contribution is -0.116. The average Bonchev–Trinajstić information content (AvgIpc) is 2.65. The van der Waals surface area contributed by atoms with E-state index < -0.39 is 0 Å². The Kier molecular flexibility index (Phi) is 3.00. The van der Waals surface area contributed by atoms with Crippen molar-refractivity contribution in [1.82, 2.24) is 0 Å². The van der Waals surface area contributed by atoms with Gasteiger partial charge in [0.2, 0.25) is 5.91 Å². The number of rotatable bonds is 1. The molecule has 0 aromatic heterocycles. The van der Waals surface area contributed by atoms with Crippen molar-refractivity contribution in [2.24, 2.45) is 0 Å². The van der Waals surface area contributed by atoms with E-state index in [0.29, 0.717) is 22.2 Å². The van der Waals surface area contributed by atoms with Crippen molar-refractivity contribution >= 4 is 40.5 Å². The minimum absolute atomic E-state index is 0.00407. The molecule has 19 heavy (non-hydrogen) atoms. The minimum atomic E-state index is -0.00407. The van der Waals surface area contributed by atoms with Crippen LogP contribution in [0.25, 0.3) is 0 Å².